The molecule has 3 aromatic rings. The van der Waals surface area contributed by atoms with E-state index in [2.05, 4.69) is 21.2 Å². The van der Waals surface area contributed by atoms with Gasteiger partial charge in [0.1, 0.15) is 17.7 Å². The van der Waals surface area contributed by atoms with Crippen LogP contribution in [0.1, 0.15) is 45.7 Å². The SMILES string of the molecule is COC(=O)c1ccc([C@@H]2N=C(c3cccc(OC)c3)C[C@H](c3cc(Br)ccc3O)N2)cc1. The van der Waals surface area contributed by atoms with Crippen molar-refractivity contribution in [2.24, 2.45) is 4.99 Å². The molecule has 3 aromatic carbocycles. The molecule has 6 nitrogen and oxygen atoms in total. The molecule has 2 N–H and O–H groups in total. The molecule has 0 unspecified atom stereocenters. The van der Waals surface area contributed by atoms with Crippen molar-refractivity contribution in [1.29, 1.82) is 0 Å². The van der Waals surface area contributed by atoms with Gasteiger partial charge < -0.3 is 14.6 Å². The molecule has 0 bridgehead atoms. The molecule has 1 aliphatic rings. The first kappa shape index (κ1) is 22.0. The zero-order valence-electron chi connectivity index (χ0n) is 17.7. The molecular weight excluding hydrogens is 472 g/mol. The van der Waals surface area contributed by atoms with Crippen LogP contribution >= 0.6 is 15.9 Å². The number of nitrogens with zero attached hydrogens (tertiary/aromatic N) is 1. The van der Waals surface area contributed by atoms with Gasteiger partial charge >= 0.3 is 5.97 Å². The Morgan fingerprint density at radius 3 is 2.59 bits per heavy atom. The second-order valence-electron chi connectivity index (χ2n) is 7.45. The highest BCUT2D eigenvalue weighted by molar-refractivity contribution is 9.10. The van der Waals surface area contributed by atoms with Gasteiger partial charge in [-0.2, -0.15) is 0 Å². The average Bonchev–Trinajstić information content (AvgIpc) is 2.84. The van der Waals surface area contributed by atoms with Crippen LogP contribution in [0.4, 0.5) is 0 Å². The standard InChI is InChI=1S/C25H23BrN2O4/c1-31-19-5-3-4-17(12-19)21-14-22(20-13-18(26)10-11-23(20)29)28-24(27-21)15-6-8-16(9-7-15)25(30)32-2/h3-13,22,24,28-29H,14H2,1-2H3/t22-,24-/m1/s1. The minimum atomic E-state index is -0.384. The third-order valence-corrected chi connectivity index (χ3v) is 5.95. The van der Waals surface area contributed by atoms with Crippen molar-refractivity contribution in [3.05, 3.63) is 93.5 Å². The third-order valence-electron chi connectivity index (χ3n) is 5.46. The van der Waals surface area contributed by atoms with E-state index in [0.717, 1.165) is 32.6 Å². The lowest BCUT2D eigenvalue weighted by molar-refractivity contribution is 0.0600. The van der Waals surface area contributed by atoms with E-state index in [1.165, 1.54) is 7.11 Å². The number of phenolic OH excluding ortho intramolecular Hbond substituents is 1. The van der Waals surface area contributed by atoms with Crippen LogP contribution in [0.5, 0.6) is 11.5 Å². The maximum Gasteiger partial charge on any atom is 0.337 e. The Balaban J connectivity index is 1.74. The molecular formula is C25H23BrN2O4. The summed E-state index contributed by atoms with van der Waals surface area (Å²) in [5.41, 5.74) is 4.02. The highest BCUT2D eigenvalue weighted by Crippen LogP contribution is 2.36. The normalized spacial score (nSPS) is 18.0. The monoisotopic (exact) mass is 494 g/mol. The number of halogens is 1. The molecule has 1 aliphatic heterocycles. The van der Waals surface area contributed by atoms with Crippen molar-refractivity contribution in [2.75, 3.05) is 14.2 Å². The van der Waals surface area contributed by atoms with Gasteiger partial charge in [-0.1, -0.05) is 40.2 Å². The van der Waals surface area contributed by atoms with E-state index in [1.54, 1.807) is 25.3 Å². The molecule has 2 atom stereocenters. The van der Waals surface area contributed by atoms with Crippen molar-refractivity contribution in [1.82, 2.24) is 5.32 Å². The number of nitrogens with one attached hydrogen (secondary N) is 1. The summed E-state index contributed by atoms with van der Waals surface area (Å²) >= 11 is 3.50. The largest absolute Gasteiger partial charge is 0.508 e. The molecule has 0 radical (unpaired) electrons. The second-order valence-corrected chi connectivity index (χ2v) is 8.37. The molecule has 0 aliphatic carbocycles. The van der Waals surface area contributed by atoms with Gasteiger partial charge in [0.2, 0.25) is 0 Å². The van der Waals surface area contributed by atoms with E-state index >= 15 is 0 Å². The van der Waals surface area contributed by atoms with Gasteiger partial charge in [0, 0.05) is 28.2 Å². The molecule has 0 amide bonds. The minimum absolute atomic E-state index is 0.170. The predicted molar refractivity (Wildman–Crippen MR) is 126 cm³/mol. The van der Waals surface area contributed by atoms with Gasteiger partial charge in [-0.25, -0.2) is 4.79 Å². The molecule has 0 saturated carbocycles. The summed E-state index contributed by atoms with van der Waals surface area (Å²) in [5, 5.41) is 14.1. The number of esters is 1. The van der Waals surface area contributed by atoms with Crippen molar-refractivity contribution in [3.63, 3.8) is 0 Å². The quantitative estimate of drug-likeness (QED) is 0.478. The Hall–Kier alpha value is -3.16. The Morgan fingerprint density at radius 2 is 1.88 bits per heavy atom. The van der Waals surface area contributed by atoms with Crippen LogP contribution in [0, 0.1) is 0 Å². The molecule has 0 aromatic heterocycles. The highest BCUT2D eigenvalue weighted by Gasteiger charge is 2.28. The Labute approximate surface area is 195 Å². The van der Waals surface area contributed by atoms with E-state index in [-0.39, 0.29) is 23.9 Å². The number of hydrogen-bond donors (Lipinski definition) is 2. The lowest BCUT2D eigenvalue weighted by Crippen LogP contribution is -2.33. The summed E-state index contributed by atoms with van der Waals surface area (Å²) in [4.78, 5) is 16.8. The van der Waals surface area contributed by atoms with Crippen LogP contribution in [0.2, 0.25) is 0 Å². The topological polar surface area (TPSA) is 80.2 Å². The van der Waals surface area contributed by atoms with Gasteiger partial charge in [0.25, 0.3) is 0 Å². The number of carbonyl (C=O) groups is 1. The number of hydrogen-bond acceptors (Lipinski definition) is 6. The van der Waals surface area contributed by atoms with Crippen molar-refractivity contribution in [3.8, 4) is 11.5 Å². The average molecular weight is 495 g/mol. The highest BCUT2D eigenvalue weighted by atomic mass is 79.9. The Morgan fingerprint density at radius 1 is 1.09 bits per heavy atom. The predicted octanol–water partition coefficient (Wildman–Crippen LogP) is 5.17. The molecule has 7 heteroatoms. The van der Waals surface area contributed by atoms with Crippen LogP contribution in [0.15, 0.2) is 76.2 Å². The zero-order valence-corrected chi connectivity index (χ0v) is 19.3. The smallest absolute Gasteiger partial charge is 0.337 e. The summed E-state index contributed by atoms with van der Waals surface area (Å²) < 4.78 is 11.1. The summed E-state index contributed by atoms with van der Waals surface area (Å²) in [6.45, 7) is 0. The van der Waals surface area contributed by atoms with E-state index in [9.17, 15) is 9.90 Å². The van der Waals surface area contributed by atoms with E-state index in [0.29, 0.717) is 12.0 Å². The second kappa shape index (κ2) is 9.54. The maximum absolute atomic E-state index is 11.8. The van der Waals surface area contributed by atoms with Crippen LogP contribution in [0.3, 0.4) is 0 Å². The molecule has 164 valence electrons. The Kier molecular flexibility index (Phi) is 6.58. The van der Waals surface area contributed by atoms with E-state index < -0.39 is 0 Å². The molecule has 1 heterocycles. The lowest BCUT2D eigenvalue weighted by atomic mass is 9.93. The van der Waals surface area contributed by atoms with E-state index in [4.69, 9.17) is 14.5 Å². The molecule has 0 saturated heterocycles. The first-order valence-corrected chi connectivity index (χ1v) is 10.9. The molecule has 0 spiro atoms. The third kappa shape index (κ3) is 4.69. The first-order valence-electron chi connectivity index (χ1n) is 10.1. The summed E-state index contributed by atoms with van der Waals surface area (Å²) in [6.07, 6.45) is 0.230. The number of aliphatic imine (C=N–C) groups is 1. The molecule has 32 heavy (non-hydrogen) atoms. The molecule has 4 rings (SSSR count). The van der Waals surface area contributed by atoms with Crippen molar-refractivity contribution >= 4 is 27.6 Å². The number of carbonyl (C=O) groups excluding carboxylic acids is 1. The van der Waals surface area contributed by atoms with Gasteiger partial charge in [-0.3, -0.25) is 10.3 Å². The fourth-order valence-electron chi connectivity index (χ4n) is 3.78. The molecule has 0 fully saturated rings. The van der Waals surface area contributed by atoms with Gasteiger partial charge in [-0.05, 0) is 53.6 Å². The number of benzene rings is 3. The van der Waals surface area contributed by atoms with Gasteiger partial charge in [0.15, 0.2) is 0 Å². The maximum atomic E-state index is 11.8. The van der Waals surface area contributed by atoms with Gasteiger partial charge in [-0.15, -0.1) is 0 Å². The number of rotatable bonds is 5. The summed E-state index contributed by atoms with van der Waals surface area (Å²) in [5.74, 6) is 0.590. The number of methoxy groups -OCH3 is 2. The van der Waals surface area contributed by atoms with Crippen molar-refractivity contribution in [2.45, 2.75) is 18.6 Å². The minimum Gasteiger partial charge on any atom is -0.508 e. The number of ether oxygens (including phenoxy) is 2. The summed E-state index contributed by atoms with van der Waals surface area (Å²) in [6, 6.07) is 20.2. The first-order chi connectivity index (χ1) is 15.5. The van der Waals surface area contributed by atoms with Crippen LogP contribution < -0.4 is 10.1 Å². The fourth-order valence-corrected chi connectivity index (χ4v) is 4.16. The Bertz CT molecular complexity index is 1160. The number of aromatic hydroxyl groups is 1. The number of phenols is 1. The fraction of sp³-hybridized carbons (Fsp3) is 0.200. The van der Waals surface area contributed by atoms with Crippen LogP contribution in [0.25, 0.3) is 0 Å². The van der Waals surface area contributed by atoms with Gasteiger partial charge in [0.05, 0.1) is 19.8 Å². The van der Waals surface area contributed by atoms with Crippen LogP contribution in [-0.2, 0) is 4.74 Å². The van der Waals surface area contributed by atoms with Crippen LogP contribution in [-0.4, -0.2) is 31.0 Å². The van der Waals surface area contributed by atoms with Crippen molar-refractivity contribution < 1.29 is 19.4 Å². The summed E-state index contributed by atoms with van der Waals surface area (Å²) in [7, 11) is 3.00. The zero-order chi connectivity index (χ0) is 22.7. The van der Waals surface area contributed by atoms with E-state index in [1.807, 2.05) is 48.5 Å². The lowest BCUT2D eigenvalue weighted by Gasteiger charge is -2.31.